The van der Waals surface area contributed by atoms with Gasteiger partial charge < -0.3 is 5.11 Å². The normalized spacial score (nSPS) is 15.3. The van der Waals surface area contributed by atoms with Crippen LogP contribution in [0.3, 0.4) is 0 Å². The molecule has 2 heterocycles. The van der Waals surface area contributed by atoms with Crippen LogP contribution in [0.25, 0.3) is 22.2 Å². The largest absolute Gasteiger partial charge is 0.512 e. The van der Waals surface area contributed by atoms with E-state index >= 15 is 0 Å². The van der Waals surface area contributed by atoms with Crippen LogP contribution in [0.15, 0.2) is 54.4 Å². The Labute approximate surface area is 294 Å². The smallest absolute Gasteiger partial charge is 0.162 e. The molecule has 3 aromatic carbocycles. The van der Waals surface area contributed by atoms with Crippen molar-refractivity contribution in [3.8, 4) is 11.5 Å². The number of ether oxygens (including phenoxy) is 1. The summed E-state index contributed by atoms with van der Waals surface area (Å²) < 4.78 is 8.22. The van der Waals surface area contributed by atoms with Crippen LogP contribution in [0.5, 0.6) is 11.5 Å². The molecule has 0 aromatic heterocycles. The molecule has 6 heteroatoms. The Balaban J connectivity index is 0.000000309. The number of benzene rings is 3. The van der Waals surface area contributed by atoms with Crippen molar-refractivity contribution in [3.05, 3.63) is 88.1 Å². The zero-order valence-corrected chi connectivity index (χ0v) is 34.0. The fourth-order valence-corrected chi connectivity index (χ4v) is 8.76. The van der Waals surface area contributed by atoms with Crippen LogP contribution in [0.2, 0.25) is 17.3 Å². The van der Waals surface area contributed by atoms with Crippen molar-refractivity contribution < 1.29 is 34.7 Å². The molecule has 1 atom stereocenters. The molecule has 0 spiro atoms. The number of hydrogen-bond donors (Lipinski definition) is 1. The van der Waals surface area contributed by atoms with Gasteiger partial charge in [-0.05, 0) is 25.7 Å². The number of hydrogen-bond acceptors (Lipinski definition) is 3. The summed E-state index contributed by atoms with van der Waals surface area (Å²) >= 11 is -2.01. The van der Waals surface area contributed by atoms with Gasteiger partial charge >= 0.3 is 183 Å². The van der Waals surface area contributed by atoms with Gasteiger partial charge in [-0.2, -0.15) is 0 Å². The molecule has 5 rings (SSSR count). The van der Waals surface area contributed by atoms with Gasteiger partial charge in [-0.1, -0.05) is 27.7 Å². The van der Waals surface area contributed by atoms with Crippen LogP contribution in [-0.4, -0.2) is 24.2 Å². The molecule has 0 aliphatic carbocycles. The van der Waals surface area contributed by atoms with E-state index in [1.807, 2.05) is 33.9 Å². The Kier molecular flexibility index (Phi) is 13.0. The average molecular weight is 861 g/mol. The van der Waals surface area contributed by atoms with Crippen molar-refractivity contribution in [2.75, 3.05) is 0 Å². The SMILES string of the molecule is CC(C)(C)Cc1c2c([c-]c3ccccc13)C1[N-]C=Cc3c[c]([Ge]([CH3])([CH3])[CH3])cc(c31)O2.CCC(CC)C(=O)/C=C(\O)C(CC)CC.[Ir]. The number of carbonyl (C=O) groups is 1. The molecule has 1 radical (unpaired) electrons. The van der Waals surface area contributed by atoms with E-state index in [0.29, 0.717) is 0 Å². The monoisotopic (exact) mass is 862 g/mol. The van der Waals surface area contributed by atoms with E-state index in [-0.39, 0.29) is 54.9 Å². The van der Waals surface area contributed by atoms with Crippen LogP contribution in [0, 0.1) is 23.3 Å². The Hall–Kier alpha value is -2.34. The van der Waals surface area contributed by atoms with E-state index in [2.05, 4.69) is 86.6 Å². The van der Waals surface area contributed by atoms with Crippen molar-refractivity contribution in [1.82, 2.24) is 0 Å². The summed E-state index contributed by atoms with van der Waals surface area (Å²) in [6.45, 7) is 14.9. The maximum Gasteiger partial charge on any atom is 0.162 e. The summed E-state index contributed by atoms with van der Waals surface area (Å²) in [7, 11) is 0. The van der Waals surface area contributed by atoms with Gasteiger partial charge in [-0.25, -0.2) is 0 Å². The molecule has 0 fully saturated rings. The first-order valence-electron chi connectivity index (χ1n) is 16.9. The Bertz CT molecular complexity index is 1590. The van der Waals surface area contributed by atoms with E-state index in [0.717, 1.165) is 54.6 Å². The minimum absolute atomic E-state index is 0. The first-order chi connectivity index (χ1) is 21.2. The number of fused-ring (bicyclic) bond motifs is 3. The molecule has 4 nitrogen and oxygen atoms in total. The summed E-state index contributed by atoms with van der Waals surface area (Å²) in [6, 6.07) is 16.9. The number of aliphatic hydroxyl groups is 1. The van der Waals surface area contributed by atoms with Gasteiger partial charge in [0.2, 0.25) is 0 Å². The summed E-state index contributed by atoms with van der Waals surface area (Å²) in [5.41, 5.74) is 4.97. The predicted octanol–water partition coefficient (Wildman–Crippen LogP) is 11.2. The Morgan fingerprint density at radius 2 is 1.65 bits per heavy atom. The topological polar surface area (TPSA) is 60.6 Å². The van der Waals surface area contributed by atoms with Gasteiger partial charge in [0, 0.05) is 38.0 Å². The van der Waals surface area contributed by atoms with Gasteiger partial charge in [0.15, 0.2) is 5.78 Å². The van der Waals surface area contributed by atoms with Crippen molar-refractivity contribution in [2.45, 2.75) is 104 Å². The molecule has 1 unspecified atom stereocenters. The van der Waals surface area contributed by atoms with Crippen molar-refractivity contribution in [1.29, 1.82) is 0 Å². The molecule has 0 amide bonds. The van der Waals surface area contributed by atoms with Crippen LogP contribution >= 0.6 is 0 Å². The predicted molar refractivity (Wildman–Crippen MR) is 194 cm³/mol. The molecule has 1 N–H and O–H groups in total. The molecule has 0 saturated heterocycles. The van der Waals surface area contributed by atoms with Gasteiger partial charge in [-0.15, -0.1) is 0 Å². The first-order valence-corrected chi connectivity index (χ1v) is 24.2. The molecule has 3 aromatic rings. The minimum Gasteiger partial charge on any atom is -0.512 e. The molecule has 2 aliphatic rings. The first kappa shape index (κ1) is 38.1. The summed E-state index contributed by atoms with van der Waals surface area (Å²) in [6.07, 6.45) is 9.96. The average Bonchev–Trinajstić information content (AvgIpc) is 2.98. The van der Waals surface area contributed by atoms with Gasteiger partial charge in [0.05, 0.1) is 5.76 Å². The maximum absolute atomic E-state index is 11.7. The van der Waals surface area contributed by atoms with Crippen molar-refractivity contribution >= 4 is 40.3 Å². The van der Waals surface area contributed by atoms with Crippen LogP contribution in [0.1, 0.15) is 102 Å². The Morgan fingerprint density at radius 1 is 1.02 bits per heavy atom. The number of allylic oxidation sites excluding steroid dienone is 2. The fourth-order valence-electron chi connectivity index (χ4n) is 6.35. The molecule has 46 heavy (non-hydrogen) atoms. The van der Waals surface area contributed by atoms with Gasteiger partial charge in [0.25, 0.3) is 0 Å². The molecule has 0 saturated carbocycles. The van der Waals surface area contributed by atoms with E-state index in [1.54, 1.807) is 0 Å². The van der Waals surface area contributed by atoms with Gasteiger partial charge in [-0.3, -0.25) is 4.79 Å². The molecular formula is C40H53GeIrNO3-2. The van der Waals surface area contributed by atoms with E-state index in [9.17, 15) is 9.90 Å². The zero-order chi connectivity index (χ0) is 33.1. The van der Waals surface area contributed by atoms with Gasteiger partial charge in [0.1, 0.15) is 0 Å². The number of aliphatic hydroxyl groups excluding tert-OH is 1. The second-order valence-electron chi connectivity index (χ2n) is 14.8. The van der Waals surface area contributed by atoms with Crippen molar-refractivity contribution in [3.63, 3.8) is 0 Å². The number of ketones is 1. The summed E-state index contributed by atoms with van der Waals surface area (Å²) in [5.74, 6) is 9.83. The zero-order valence-electron chi connectivity index (χ0n) is 29.5. The third kappa shape index (κ3) is 8.57. The quantitative estimate of drug-likeness (QED) is 0.101. The maximum atomic E-state index is 11.7. The number of carbonyl (C=O) groups excluding carboxylic acids is 1. The third-order valence-electron chi connectivity index (χ3n) is 9.12. The third-order valence-corrected chi connectivity index (χ3v) is 13.4. The van der Waals surface area contributed by atoms with Crippen molar-refractivity contribution in [2.24, 2.45) is 17.3 Å². The second-order valence-corrected chi connectivity index (χ2v) is 25.5. The Morgan fingerprint density at radius 3 is 2.24 bits per heavy atom. The number of nitrogens with zero attached hydrogens (tertiary/aromatic N) is 1. The van der Waals surface area contributed by atoms with Crippen LogP contribution in [-0.2, 0) is 31.3 Å². The number of rotatable bonds is 9. The molecule has 251 valence electrons. The van der Waals surface area contributed by atoms with E-state index in [1.165, 1.54) is 32.5 Å². The van der Waals surface area contributed by atoms with E-state index < -0.39 is 13.3 Å². The molecule has 0 bridgehead atoms. The molecule has 2 aliphatic heterocycles. The second kappa shape index (κ2) is 15.7. The van der Waals surface area contributed by atoms with Crippen LogP contribution < -0.4 is 9.13 Å². The summed E-state index contributed by atoms with van der Waals surface area (Å²) in [5, 5.41) is 17.1. The minimum atomic E-state index is -2.01. The standard InChI is InChI=1S/C27H29GeNO.C13H24O2.Ir/c1-27(2,3)16-22-20-10-8-7-9-17(20)14-21-25-24-18(11-12-29-25)13-19(28(4,5)6)15-23(24)30-26(21)22;1-5-10(6-2)12(14)9-13(15)11(7-3)8-4;/h7-13,15,25H,16H2,1-6H3;9-11,14H,5-8H2,1-4H3;/q-2;;/b;12-9-;. The summed E-state index contributed by atoms with van der Waals surface area (Å²) in [4.78, 5) is 11.7. The molecular weight excluding hydrogens is 807 g/mol. The van der Waals surface area contributed by atoms with E-state index in [4.69, 9.17) is 10.1 Å². The fraction of sp³-hybridized carbons (Fsp3) is 0.475. The van der Waals surface area contributed by atoms with Crippen LogP contribution in [0.4, 0.5) is 0 Å².